The Balaban J connectivity index is 2.14. The van der Waals surface area contributed by atoms with Gasteiger partial charge in [-0.15, -0.1) is 0 Å². The molecule has 0 amide bonds. The van der Waals surface area contributed by atoms with Gasteiger partial charge >= 0.3 is 0 Å². The molecule has 0 unspecified atom stereocenters. The molecule has 1 aliphatic carbocycles. The van der Waals surface area contributed by atoms with E-state index in [1.54, 1.807) is 6.07 Å². The first kappa shape index (κ1) is 13.2. The first-order valence-corrected chi connectivity index (χ1v) is 6.54. The van der Waals surface area contributed by atoms with Gasteiger partial charge in [-0.25, -0.2) is 0 Å². The second-order valence-electron chi connectivity index (χ2n) is 4.59. The van der Waals surface area contributed by atoms with E-state index in [2.05, 4.69) is 17.0 Å². The van der Waals surface area contributed by atoms with E-state index in [1.165, 1.54) is 12.8 Å². The van der Waals surface area contributed by atoms with Crippen LogP contribution >= 0.6 is 11.6 Å². The van der Waals surface area contributed by atoms with Crippen LogP contribution in [0.25, 0.3) is 0 Å². The predicted molar refractivity (Wildman–Crippen MR) is 73.1 cm³/mol. The molecular weight excluding hydrogens is 250 g/mol. The number of oxime groups is 1. The summed E-state index contributed by atoms with van der Waals surface area (Å²) >= 11 is 6.24. The van der Waals surface area contributed by atoms with Gasteiger partial charge in [0.25, 0.3) is 0 Å². The van der Waals surface area contributed by atoms with E-state index in [-0.39, 0.29) is 5.84 Å². The maximum atomic E-state index is 8.62. The molecule has 0 spiro atoms. The Hall–Kier alpha value is -1.26. The van der Waals surface area contributed by atoms with E-state index in [0.717, 1.165) is 24.7 Å². The van der Waals surface area contributed by atoms with Gasteiger partial charge in [0.2, 0.25) is 0 Å². The predicted octanol–water partition coefficient (Wildman–Crippen LogP) is 2.42. The van der Waals surface area contributed by atoms with Gasteiger partial charge in [-0.2, -0.15) is 0 Å². The highest BCUT2D eigenvalue weighted by atomic mass is 35.5. The minimum atomic E-state index is 0.0815. The fraction of sp³-hybridized carbons (Fsp3) is 0.462. The zero-order valence-corrected chi connectivity index (χ0v) is 11.2. The fourth-order valence-corrected chi connectivity index (χ4v) is 2.29. The minimum Gasteiger partial charge on any atom is -0.409 e. The van der Waals surface area contributed by atoms with Crippen LogP contribution in [0.5, 0.6) is 0 Å². The molecule has 0 bridgehead atoms. The average molecular weight is 268 g/mol. The number of halogens is 1. The summed E-state index contributed by atoms with van der Waals surface area (Å²) in [5.74, 6) is 0.0815. The van der Waals surface area contributed by atoms with Gasteiger partial charge in [0.05, 0.1) is 0 Å². The molecule has 1 fully saturated rings. The molecule has 3 N–H and O–H groups in total. The molecule has 18 heavy (non-hydrogen) atoms. The van der Waals surface area contributed by atoms with E-state index in [1.807, 2.05) is 12.1 Å². The lowest BCUT2D eigenvalue weighted by Crippen LogP contribution is -2.25. The smallest absolute Gasteiger partial charge is 0.170 e. The Morgan fingerprint density at radius 1 is 1.56 bits per heavy atom. The number of nitrogens with zero attached hydrogens (tertiary/aromatic N) is 2. The SMILES string of the molecule is CCN(Cc1ccc(/C(N)=N/O)cc1Cl)C1CC1. The highest BCUT2D eigenvalue weighted by molar-refractivity contribution is 6.31. The van der Waals surface area contributed by atoms with E-state index >= 15 is 0 Å². The average Bonchev–Trinajstić information content (AvgIpc) is 3.20. The van der Waals surface area contributed by atoms with Crippen molar-refractivity contribution in [3.8, 4) is 0 Å². The number of hydrogen-bond donors (Lipinski definition) is 2. The molecule has 0 heterocycles. The Morgan fingerprint density at radius 2 is 2.28 bits per heavy atom. The Bertz CT molecular complexity index is 458. The van der Waals surface area contributed by atoms with Crippen molar-refractivity contribution in [3.05, 3.63) is 34.3 Å². The van der Waals surface area contributed by atoms with Crippen LogP contribution in [0.3, 0.4) is 0 Å². The second kappa shape index (κ2) is 5.59. The normalized spacial score (nSPS) is 16.3. The summed E-state index contributed by atoms with van der Waals surface area (Å²) in [7, 11) is 0. The summed E-state index contributed by atoms with van der Waals surface area (Å²) in [5.41, 5.74) is 7.25. The summed E-state index contributed by atoms with van der Waals surface area (Å²) in [6, 6.07) is 6.24. The molecule has 0 aromatic heterocycles. The molecule has 98 valence electrons. The number of amidine groups is 1. The molecule has 0 saturated heterocycles. The van der Waals surface area contributed by atoms with Crippen LogP contribution in [0, 0.1) is 0 Å². The molecule has 1 aliphatic rings. The van der Waals surface area contributed by atoms with Crippen LogP contribution < -0.4 is 5.73 Å². The van der Waals surface area contributed by atoms with Crippen molar-refractivity contribution in [3.63, 3.8) is 0 Å². The lowest BCUT2D eigenvalue weighted by molar-refractivity contribution is 0.269. The largest absolute Gasteiger partial charge is 0.409 e. The molecule has 1 aromatic rings. The van der Waals surface area contributed by atoms with Gasteiger partial charge in [0.1, 0.15) is 0 Å². The van der Waals surface area contributed by atoms with Crippen molar-refractivity contribution in [1.82, 2.24) is 4.90 Å². The molecule has 0 atom stereocenters. The molecule has 4 nitrogen and oxygen atoms in total. The van der Waals surface area contributed by atoms with Gasteiger partial charge < -0.3 is 10.9 Å². The maximum Gasteiger partial charge on any atom is 0.170 e. The van der Waals surface area contributed by atoms with Crippen molar-refractivity contribution < 1.29 is 5.21 Å². The van der Waals surface area contributed by atoms with Gasteiger partial charge in [-0.1, -0.05) is 35.8 Å². The highest BCUT2D eigenvalue weighted by Crippen LogP contribution is 2.29. The van der Waals surface area contributed by atoms with E-state index in [4.69, 9.17) is 22.5 Å². The summed E-state index contributed by atoms with van der Waals surface area (Å²) in [4.78, 5) is 2.42. The standard InChI is InChI=1S/C13H18ClN3O/c1-2-17(11-5-6-11)8-10-4-3-9(7-12(10)14)13(15)16-18/h3-4,7,11,18H,2,5-6,8H2,1H3,(H2,15,16). The molecule has 1 aromatic carbocycles. The van der Waals surface area contributed by atoms with E-state index in [0.29, 0.717) is 10.6 Å². The highest BCUT2D eigenvalue weighted by Gasteiger charge is 2.28. The van der Waals surface area contributed by atoms with Crippen LogP contribution in [-0.4, -0.2) is 28.5 Å². The number of nitrogens with two attached hydrogens (primary N) is 1. The van der Waals surface area contributed by atoms with Crippen molar-refractivity contribution in [2.24, 2.45) is 10.9 Å². The third-order valence-corrected chi connectivity index (χ3v) is 3.65. The first-order valence-electron chi connectivity index (χ1n) is 6.16. The molecule has 1 saturated carbocycles. The van der Waals surface area contributed by atoms with Gasteiger partial charge in [-0.05, 0) is 31.0 Å². The van der Waals surface area contributed by atoms with Gasteiger partial charge in [0, 0.05) is 23.2 Å². The molecular formula is C13H18ClN3O. The summed E-state index contributed by atoms with van der Waals surface area (Å²) in [6.07, 6.45) is 2.57. The lowest BCUT2D eigenvalue weighted by atomic mass is 10.1. The summed E-state index contributed by atoms with van der Waals surface area (Å²) in [5, 5.41) is 12.3. The first-order chi connectivity index (χ1) is 8.65. The number of rotatable bonds is 5. The summed E-state index contributed by atoms with van der Waals surface area (Å²) < 4.78 is 0. The molecule has 2 rings (SSSR count). The van der Waals surface area contributed by atoms with Gasteiger partial charge in [0.15, 0.2) is 5.84 Å². The van der Waals surface area contributed by atoms with E-state index in [9.17, 15) is 0 Å². The Kier molecular flexibility index (Phi) is 4.09. The zero-order valence-electron chi connectivity index (χ0n) is 10.4. The number of hydrogen-bond acceptors (Lipinski definition) is 3. The zero-order chi connectivity index (χ0) is 13.1. The third kappa shape index (κ3) is 2.94. The van der Waals surface area contributed by atoms with Crippen molar-refractivity contribution >= 4 is 17.4 Å². The van der Waals surface area contributed by atoms with Crippen molar-refractivity contribution in [2.75, 3.05) is 6.54 Å². The monoisotopic (exact) mass is 267 g/mol. The van der Waals surface area contributed by atoms with Crippen molar-refractivity contribution in [2.45, 2.75) is 32.4 Å². The fourth-order valence-electron chi connectivity index (χ4n) is 2.05. The quantitative estimate of drug-likeness (QED) is 0.373. The molecule has 0 aliphatic heterocycles. The minimum absolute atomic E-state index is 0.0815. The topological polar surface area (TPSA) is 61.8 Å². The van der Waals surface area contributed by atoms with Crippen LogP contribution in [0.15, 0.2) is 23.4 Å². The lowest BCUT2D eigenvalue weighted by Gasteiger charge is -2.20. The van der Waals surface area contributed by atoms with Crippen LogP contribution in [0.2, 0.25) is 5.02 Å². The van der Waals surface area contributed by atoms with Gasteiger partial charge in [-0.3, -0.25) is 4.90 Å². The number of benzene rings is 1. The maximum absolute atomic E-state index is 8.62. The third-order valence-electron chi connectivity index (χ3n) is 3.30. The molecule has 0 radical (unpaired) electrons. The van der Waals surface area contributed by atoms with Crippen molar-refractivity contribution in [1.29, 1.82) is 0 Å². The summed E-state index contributed by atoms with van der Waals surface area (Å²) in [6.45, 7) is 4.05. The Labute approximate surface area is 112 Å². The Morgan fingerprint density at radius 3 is 2.78 bits per heavy atom. The molecule has 5 heteroatoms. The second-order valence-corrected chi connectivity index (χ2v) is 4.99. The van der Waals surface area contributed by atoms with Crippen LogP contribution in [0.1, 0.15) is 30.9 Å². The van der Waals surface area contributed by atoms with E-state index < -0.39 is 0 Å². The van der Waals surface area contributed by atoms with Crippen LogP contribution in [0.4, 0.5) is 0 Å². The van der Waals surface area contributed by atoms with Crippen LogP contribution in [-0.2, 0) is 6.54 Å².